The Balaban J connectivity index is 2.63. The van der Waals surface area contributed by atoms with Crippen LogP contribution in [-0.4, -0.2) is 7.05 Å². The van der Waals surface area contributed by atoms with Gasteiger partial charge in [-0.05, 0) is 24.6 Å². The third-order valence-corrected chi connectivity index (χ3v) is 2.47. The van der Waals surface area contributed by atoms with Crippen LogP contribution in [0.1, 0.15) is 11.1 Å². The molecule has 0 fully saturated rings. The predicted molar refractivity (Wildman–Crippen MR) is 62.5 cm³/mol. The minimum atomic E-state index is 0.930. The first-order chi connectivity index (χ1) is 6.72. The van der Waals surface area contributed by atoms with Crippen LogP contribution in [0.3, 0.4) is 0 Å². The number of anilines is 2. The zero-order chi connectivity index (χ0) is 10.1. The second-order valence-electron chi connectivity index (χ2n) is 3.45. The highest BCUT2D eigenvalue weighted by atomic mass is 15.0. The second kappa shape index (κ2) is 3.22. The highest BCUT2D eigenvalue weighted by molar-refractivity contribution is 5.86. The van der Waals surface area contributed by atoms with Crippen LogP contribution < -0.4 is 10.6 Å². The minimum absolute atomic E-state index is 0.930. The molecule has 0 atom stereocenters. The minimum Gasteiger partial charge on any atom is -0.386 e. The van der Waals surface area contributed by atoms with Crippen molar-refractivity contribution >= 4 is 17.5 Å². The Bertz CT molecular complexity index is 417. The molecule has 0 aromatic heterocycles. The molecule has 1 heterocycles. The number of hydrogen-bond donors (Lipinski definition) is 2. The Hall–Kier alpha value is -1.70. The summed E-state index contributed by atoms with van der Waals surface area (Å²) in [4.78, 5) is 0. The maximum Gasteiger partial charge on any atom is 0.0695 e. The first kappa shape index (κ1) is 8.88. The van der Waals surface area contributed by atoms with Gasteiger partial charge in [0.25, 0.3) is 0 Å². The molecule has 2 nitrogen and oxygen atoms in total. The van der Waals surface area contributed by atoms with E-state index in [4.69, 9.17) is 0 Å². The van der Waals surface area contributed by atoms with E-state index in [2.05, 4.69) is 42.3 Å². The number of benzene rings is 1. The van der Waals surface area contributed by atoms with E-state index in [1.807, 2.05) is 13.1 Å². The maximum absolute atomic E-state index is 3.89. The highest BCUT2D eigenvalue weighted by Gasteiger charge is 2.11. The van der Waals surface area contributed by atoms with E-state index < -0.39 is 0 Å². The third-order valence-electron chi connectivity index (χ3n) is 2.47. The number of nitrogens with one attached hydrogen (secondary N) is 2. The number of hydrogen-bond acceptors (Lipinski definition) is 2. The van der Waals surface area contributed by atoms with Crippen molar-refractivity contribution < 1.29 is 0 Å². The van der Waals surface area contributed by atoms with E-state index in [1.165, 1.54) is 11.1 Å². The van der Waals surface area contributed by atoms with Crippen molar-refractivity contribution in [3.63, 3.8) is 0 Å². The highest BCUT2D eigenvalue weighted by Crippen LogP contribution is 2.33. The number of fused-ring (bicyclic) bond motifs is 1. The van der Waals surface area contributed by atoms with E-state index in [0.717, 1.165) is 17.1 Å². The Kier molecular flexibility index (Phi) is 2.04. The maximum atomic E-state index is 3.89. The van der Waals surface area contributed by atoms with Crippen LogP contribution in [0, 0.1) is 6.92 Å². The van der Waals surface area contributed by atoms with Gasteiger partial charge in [0, 0.05) is 18.3 Å². The average molecular weight is 186 g/mol. The molecule has 0 spiro atoms. The van der Waals surface area contributed by atoms with Gasteiger partial charge in [0.15, 0.2) is 0 Å². The molecule has 0 saturated carbocycles. The fourth-order valence-corrected chi connectivity index (χ4v) is 1.67. The zero-order valence-electron chi connectivity index (χ0n) is 8.52. The number of rotatable bonds is 1. The summed E-state index contributed by atoms with van der Waals surface area (Å²) in [5.74, 6) is 0. The molecular weight excluding hydrogens is 172 g/mol. The summed E-state index contributed by atoms with van der Waals surface area (Å²) in [5.41, 5.74) is 5.68. The van der Waals surface area contributed by atoms with Crippen molar-refractivity contribution in [3.05, 3.63) is 41.6 Å². The summed E-state index contributed by atoms with van der Waals surface area (Å²) >= 11 is 0. The molecule has 0 aliphatic carbocycles. The zero-order valence-corrected chi connectivity index (χ0v) is 8.52. The topological polar surface area (TPSA) is 24.1 Å². The van der Waals surface area contributed by atoms with Gasteiger partial charge in [0.2, 0.25) is 0 Å². The first-order valence-electron chi connectivity index (χ1n) is 4.67. The first-order valence-corrected chi connectivity index (χ1v) is 4.67. The molecule has 2 N–H and O–H groups in total. The molecule has 2 heteroatoms. The van der Waals surface area contributed by atoms with Gasteiger partial charge in [0.1, 0.15) is 0 Å². The van der Waals surface area contributed by atoms with Crippen molar-refractivity contribution in [1.82, 2.24) is 0 Å². The predicted octanol–water partition coefficient (Wildman–Crippen LogP) is 2.99. The van der Waals surface area contributed by atoms with Crippen LogP contribution in [0.25, 0.3) is 6.08 Å². The average Bonchev–Trinajstić information content (AvgIpc) is 2.18. The summed E-state index contributed by atoms with van der Waals surface area (Å²) in [6, 6.07) is 4.19. The van der Waals surface area contributed by atoms with Crippen LogP contribution in [0.2, 0.25) is 0 Å². The Morgan fingerprint density at radius 3 is 2.79 bits per heavy atom. The monoisotopic (exact) mass is 186 g/mol. The second-order valence-corrected chi connectivity index (χ2v) is 3.45. The molecule has 0 radical (unpaired) electrons. The van der Waals surface area contributed by atoms with Gasteiger partial charge in [-0.1, -0.05) is 18.7 Å². The summed E-state index contributed by atoms with van der Waals surface area (Å²) < 4.78 is 0. The van der Waals surface area contributed by atoms with Crippen LogP contribution in [0.5, 0.6) is 0 Å². The van der Waals surface area contributed by atoms with Crippen LogP contribution in [-0.2, 0) is 0 Å². The number of aryl methyl sites for hydroxylation is 1. The molecule has 0 unspecified atom stereocenters. The SMILES string of the molecule is C=C1C=Cc2c(C)ccc(NC)c2N1. The van der Waals surface area contributed by atoms with Crippen LogP contribution in [0.4, 0.5) is 11.4 Å². The quantitative estimate of drug-likeness (QED) is 0.704. The van der Waals surface area contributed by atoms with Crippen molar-refractivity contribution in [1.29, 1.82) is 0 Å². The molecule has 0 amide bonds. The molecule has 1 aromatic rings. The van der Waals surface area contributed by atoms with Gasteiger partial charge < -0.3 is 10.6 Å². The third kappa shape index (κ3) is 1.29. The molecule has 1 aliphatic heterocycles. The Morgan fingerprint density at radius 1 is 1.29 bits per heavy atom. The van der Waals surface area contributed by atoms with Gasteiger partial charge in [-0.25, -0.2) is 0 Å². The van der Waals surface area contributed by atoms with E-state index in [-0.39, 0.29) is 0 Å². The molecule has 0 saturated heterocycles. The lowest BCUT2D eigenvalue weighted by Gasteiger charge is -2.20. The van der Waals surface area contributed by atoms with Gasteiger partial charge in [-0.2, -0.15) is 0 Å². The van der Waals surface area contributed by atoms with Gasteiger partial charge >= 0.3 is 0 Å². The van der Waals surface area contributed by atoms with Crippen LogP contribution >= 0.6 is 0 Å². The van der Waals surface area contributed by atoms with Gasteiger partial charge in [0.05, 0.1) is 11.4 Å². The van der Waals surface area contributed by atoms with Gasteiger partial charge in [-0.15, -0.1) is 0 Å². The lowest BCUT2D eigenvalue weighted by atomic mass is 10.0. The van der Waals surface area contributed by atoms with Gasteiger partial charge in [-0.3, -0.25) is 0 Å². The largest absolute Gasteiger partial charge is 0.386 e. The molecular formula is C12H14N2. The smallest absolute Gasteiger partial charge is 0.0695 e. The molecule has 1 aromatic carbocycles. The van der Waals surface area contributed by atoms with E-state index in [0.29, 0.717) is 0 Å². The number of allylic oxidation sites excluding steroid dienone is 1. The van der Waals surface area contributed by atoms with Crippen molar-refractivity contribution in [2.75, 3.05) is 17.7 Å². The summed E-state index contributed by atoms with van der Waals surface area (Å²) in [6.07, 6.45) is 4.10. The van der Waals surface area contributed by atoms with Crippen molar-refractivity contribution in [2.24, 2.45) is 0 Å². The fraction of sp³-hybridized carbons (Fsp3) is 0.167. The lowest BCUT2D eigenvalue weighted by molar-refractivity contribution is 1.36. The van der Waals surface area contributed by atoms with Crippen LogP contribution in [0.15, 0.2) is 30.5 Å². The van der Waals surface area contributed by atoms with Crippen molar-refractivity contribution in [3.8, 4) is 0 Å². The molecule has 14 heavy (non-hydrogen) atoms. The molecule has 1 aliphatic rings. The standard InChI is InChI=1S/C12H14N2/c1-8-4-7-11(13-3)12-10(8)6-5-9(2)14-12/h4-7,13-14H,2H2,1,3H3. The van der Waals surface area contributed by atoms with E-state index >= 15 is 0 Å². The lowest BCUT2D eigenvalue weighted by Crippen LogP contribution is -2.06. The molecule has 0 bridgehead atoms. The summed E-state index contributed by atoms with van der Waals surface area (Å²) in [5, 5.41) is 6.44. The normalized spacial score (nSPS) is 13.4. The van der Waals surface area contributed by atoms with E-state index in [9.17, 15) is 0 Å². The summed E-state index contributed by atoms with van der Waals surface area (Å²) in [7, 11) is 1.92. The Labute approximate surface area is 84.3 Å². The molecule has 2 rings (SSSR count). The fourth-order valence-electron chi connectivity index (χ4n) is 1.67. The van der Waals surface area contributed by atoms with Crippen molar-refractivity contribution in [2.45, 2.75) is 6.92 Å². The van der Waals surface area contributed by atoms with E-state index in [1.54, 1.807) is 0 Å². The molecule has 72 valence electrons. The summed E-state index contributed by atoms with van der Waals surface area (Å²) in [6.45, 7) is 6.00. The Morgan fingerprint density at radius 2 is 2.07 bits per heavy atom.